The lowest BCUT2D eigenvalue weighted by Crippen LogP contribution is -2.50. The second-order valence-electron chi connectivity index (χ2n) is 6.14. The summed E-state index contributed by atoms with van der Waals surface area (Å²) in [6, 6.07) is 8.99. The molecule has 2 heterocycles. The van der Waals surface area contributed by atoms with Crippen LogP contribution in [0, 0.1) is 0 Å². The summed E-state index contributed by atoms with van der Waals surface area (Å²) in [4.78, 5) is 35.3. The van der Waals surface area contributed by atoms with Crippen LogP contribution < -0.4 is 15.4 Å². The molecule has 0 atom stereocenters. The molecule has 0 unspecified atom stereocenters. The van der Waals surface area contributed by atoms with Gasteiger partial charge in [0.15, 0.2) is 5.75 Å². The van der Waals surface area contributed by atoms with Crippen molar-refractivity contribution in [3.05, 3.63) is 42.7 Å². The summed E-state index contributed by atoms with van der Waals surface area (Å²) in [6.45, 7) is 2.91. The van der Waals surface area contributed by atoms with E-state index in [9.17, 15) is 9.59 Å². The van der Waals surface area contributed by atoms with Gasteiger partial charge in [0.25, 0.3) is 0 Å². The van der Waals surface area contributed by atoms with Gasteiger partial charge in [0.1, 0.15) is 5.75 Å². The lowest BCUT2D eigenvalue weighted by molar-refractivity contribution is -0.124. The Morgan fingerprint density at radius 2 is 2.00 bits per heavy atom. The second kappa shape index (κ2) is 8.95. The number of nitrogens with one attached hydrogen (secondary N) is 2. The van der Waals surface area contributed by atoms with Crippen molar-refractivity contribution in [1.29, 1.82) is 0 Å². The first-order valence-corrected chi connectivity index (χ1v) is 8.66. The summed E-state index contributed by atoms with van der Waals surface area (Å²) in [7, 11) is 1.69. The molecule has 2 N–H and O–H groups in total. The van der Waals surface area contributed by atoms with Gasteiger partial charge in [0.2, 0.25) is 11.9 Å². The fourth-order valence-corrected chi connectivity index (χ4v) is 2.52. The largest absolute Gasteiger partial charge is 0.454 e. The van der Waals surface area contributed by atoms with Gasteiger partial charge in [0, 0.05) is 33.2 Å². The highest BCUT2D eigenvalue weighted by Gasteiger charge is 2.17. The molecule has 1 aliphatic heterocycles. The number of ether oxygens (including phenoxy) is 1. The molecular formula is C18H22N6O3. The quantitative estimate of drug-likeness (QED) is 0.792. The summed E-state index contributed by atoms with van der Waals surface area (Å²) in [5.74, 6) is 1.38. The third-order valence-electron chi connectivity index (χ3n) is 4.04. The smallest absolute Gasteiger partial charge is 0.324 e. The fourth-order valence-electron chi connectivity index (χ4n) is 2.52. The lowest BCUT2D eigenvalue weighted by atomic mass is 10.3. The number of rotatable bonds is 6. The van der Waals surface area contributed by atoms with E-state index in [1.165, 1.54) is 17.3 Å². The summed E-state index contributed by atoms with van der Waals surface area (Å²) in [6.07, 6.45) is 3.00. The minimum Gasteiger partial charge on any atom is -0.454 e. The number of benzene rings is 1. The molecule has 3 rings (SSSR count). The summed E-state index contributed by atoms with van der Waals surface area (Å²) in [5, 5.41) is 5.42. The van der Waals surface area contributed by atoms with Crippen LogP contribution in [-0.4, -0.2) is 71.5 Å². The number of piperazine rings is 1. The molecule has 9 nitrogen and oxygen atoms in total. The van der Waals surface area contributed by atoms with E-state index in [1.54, 1.807) is 7.05 Å². The number of para-hydroxylation sites is 1. The normalized spacial score (nSPS) is 14.3. The van der Waals surface area contributed by atoms with E-state index in [4.69, 9.17) is 4.74 Å². The zero-order chi connectivity index (χ0) is 19.1. The van der Waals surface area contributed by atoms with Crippen molar-refractivity contribution in [3.63, 3.8) is 0 Å². The molecule has 9 heteroatoms. The van der Waals surface area contributed by atoms with E-state index in [-0.39, 0.29) is 17.9 Å². The first-order valence-electron chi connectivity index (χ1n) is 8.66. The first-order chi connectivity index (χ1) is 13.1. The first kappa shape index (κ1) is 18.6. The Bertz CT molecular complexity index is 768. The van der Waals surface area contributed by atoms with E-state index in [2.05, 4.69) is 20.6 Å². The van der Waals surface area contributed by atoms with Crippen LogP contribution in [0.4, 0.5) is 10.7 Å². The van der Waals surface area contributed by atoms with Gasteiger partial charge in [-0.2, -0.15) is 0 Å². The molecule has 0 aliphatic carbocycles. The number of urea groups is 1. The van der Waals surface area contributed by atoms with Crippen molar-refractivity contribution in [2.24, 2.45) is 0 Å². The molecule has 1 saturated heterocycles. The summed E-state index contributed by atoms with van der Waals surface area (Å²) < 4.78 is 5.61. The highest BCUT2D eigenvalue weighted by Crippen LogP contribution is 2.19. The lowest BCUT2D eigenvalue weighted by Gasteiger charge is -2.28. The van der Waals surface area contributed by atoms with Gasteiger partial charge < -0.3 is 15.0 Å². The minimum atomic E-state index is -0.312. The van der Waals surface area contributed by atoms with Crippen molar-refractivity contribution in [3.8, 4) is 11.5 Å². The highest BCUT2D eigenvalue weighted by atomic mass is 16.5. The minimum absolute atomic E-state index is 0.0135. The van der Waals surface area contributed by atoms with Crippen molar-refractivity contribution in [2.75, 3.05) is 45.1 Å². The third kappa shape index (κ3) is 5.65. The van der Waals surface area contributed by atoms with Crippen LogP contribution in [0.5, 0.6) is 11.5 Å². The second-order valence-corrected chi connectivity index (χ2v) is 6.14. The Labute approximate surface area is 157 Å². The van der Waals surface area contributed by atoms with E-state index >= 15 is 0 Å². The molecule has 1 aromatic carbocycles. The van der Waals surface area contributed by atoms with Gasteiger partial charge in [-0.05, 0) is 12.1 Å². The monoisotopic (exact) mass is 370 g/mol. The van der Waals surface area contributed by atoms with E-state index in [1.807, 2.05) is 35.2 Å². The Morgan fingerprint density at radius 3 is 2.70 bits per heavy atom. The van der Waals surface area contributed by atoms with E-state index in [0.717, 1.165) is 6.54 Å². The zero-order valence-electron chi connectivity index (χ0n) is 15.1. The Morgan fingerprint density at radius 1 is 1.26 bits per heavy atom. The van der Waals surface area contributed by atoms with Gasteiger partial charge in [-0.15, -0.1) is 0 Å². The van der Waals surface area contributed by atoms with Gasteiger partial charge >= 0.3 is 6.03 Å². The average Bonchev–Trinajstić information content (AvgIpc) is 2.68. The highest BCUT2D eigenvalue weighted by molar-refractivity contribution is 5.87. The number of anilines is 1. The van der Waals surface area contributed by atoms with Crippen LogP contribution in [-0.2, 0) is 4.79 Å². The van der Waals surface area contributed by atoms with Crippen LogP contribution in [0.3, 0.4) is 0 Å². The predicted molar refractivity (Wildman–Crippen MR) is 99.6 cm³/mol. The van der Waals surface area contributed by atoms with Crippen LogP contribution in [0.15, 0.2) is 42.7 Å². The van der Waals surface area contributed by atoms with Crippen LogP contribution >= 0.6 is 0 Å². The van der Waals surface area contributed by atoms with E-state index in [0.29, 0.717) is 37.7 Å². The molecule has 1 aromatic heterocycles. The molecule has 0 radical (unpaired) electrons. The van der Waals surface area contributed by atoms with Crippen LogP contribution in [0.25, 0.3) is 0 Å². The third-order valence-corrected chi connectivity index (χ3v) is 4.04. The number of hydrogen-bond acceptors (Lipinski definition) is 6. The Balaban J connectivity index is 1.46. The zero-order valence-corrected chi connectivity index (χ0v) is 15.1. The van der Waals surface area contributed by atoms with Crippen LogP contribution in [0.1, 0.15) is 0 Å². The maximum Gasteiger partial charge on any atom is 0.324 e. The topological polar surface area (TPSA) is 99.7 Å². The number of hydrogen-bond donors (Lipinski definition) is 2. The molecule has 1 aliphatic rings. The molecule has 1 fully saturated rings. The standard InChI is InChI=1S/C18H22N6O3/c1-23(9-10-24-8-7-19-16(25)13-24)18(26)22-17-20-11-15(12-21-17)27-14-5-3-2-4-6-14/h2-6,11-12H,7-10,13H2,1H3,(H,19,25)(H,20,21,22,26). The number of amides is 3. The average molecular weight is 370 g/mol. The maximum atomic E-state index is 12.2. The number of carbonyl (C=O) groups excluding carboxylic acids is 2. The van der Waals surface area contributed by atoms with Crippen molar-refractivity contribution in [1.82, 2.24) is 25.1 Å². The van der Waals surface area contributed by atoms with Crippen molar-refractivity contribution >= 4 is 17.9 Å². The molecule has 2 aromatic rings. The summed E-state index contributed by atoms with van der Waals surface area (Å²) >= 11 is 0. The van der Waals surface area contributed by atoms with E-state index < -0.39 is 0 Å². The molecule has 3 amide bonds. The van der Waals surface area contributed by atoms with Gasteiger partial charge in [-0.25, -0.2) is 14.8 Å². The van der Waals surface area contributed by atoms with Crippen molar-refractivity contribution < 1.29 is 14.3 Å². The SMILES string of the molecule is CN(CCN1CCNC(=O)C1)C(=O)Nc1ncc(Oc2ccccc2)cn1. The molecule has 0 spiro atoms. The number of nitrogens with zero attached hydrogens (tertiary/aromatic N) is 4. The molecule has 0 saturated carbocycles. The molecule has 27 heavy (non-hydrogen) atoms. The number of carbonyl (C=O) groups is 2. The molecule has 0 bridgehead atoms. The Hall–Kier alpha value is -3.20. The summed E-state index contributed by atoms with van der Waals surface area (Å²) in [5.41, 5.74) is 0. The maximum absolute atomic E-state index is 12.2. The van der Waals surface area contributed by atoms with Gasteiger partial charge in [0.05, 0.1) is 18.9 Å². The van der Waals surface area contributed by atoms with Crippen molar-refractivity contribution in [2.45, 2.75) is 0 Å². The van der Waals surface area contributed by atoms with Gasteiger partial charge in [-0.3, -0.25) is 15.0 Å². The predicted octanol–water partition coefficient (Wildman–Crippen LogP) is 1.16. The number of likely N-dealkylation sites (N-methyl/N-ethyl adjacent to an activating group) is 1. The number of aromatic nitrogens is 2. The molecular weight excluding hydrogens is 348 g/mol. The van der Waals surface area contributed by atoms with Gasteiger partial charge in [-0.1, -0.05) is 18.2 Å². The molecule has 142 valence electrons. The fraction of sp³-hybridized carbons (Fsp3) is 0.333. The Kier molecular flexibility index (Phi) is 6.16. The van der Waals surface area contributed by atoms with Crippen LogP contribution in [0.2, 0.25) is 0 Å².